The van der Waals surface area contributed by atoms with Gasteiger partial charge in [0.1, 0.15) is 28.0 Å². The van der Waals surface area contributed by atoms with Crippen LogP contribution < -0.4 is 9.05 Å². The van der Waals surface area contributed by atoms with Gasteiger partial charge in [-0.05, 0) is 80.2 Å². The van der Waals surface area contributed by atoms with E-state index < -0.39 is 18.7 Å². The lowest BCUT2D eigenvalue weighted by Gasteiger charge is -2.37. The Kier molecular flexibility index (Phi) is 10.7. The van der Waals surface area contributed by atoms with Gasteiger partial charge in [0.2, 0.25) is 0 Å². The highest BCUT2D eigenvalue weighted by Gasteiger charge is 2.35. The third kappa shape index (κ3) is 8.60. The second kappa shape index (κ2) is 15.5. The molecule has 1 saturated heterocycles. The minimum absolute atomic E-state index is 0.0200. The molecule has 3 heterocycles. The van der Waals surface area contributed by atoms with Crippen molar-refractivity contribution in [1.29, 1.82) is 0 Å². The molecule has 0 bridgehead atoms. The zero-order chi connectivity index (χ0) is 33.3. The summed E-state index contributed by atoms with van der Waals surface area (Å²) >= 11 is 0. The number of hydrogen-bond donors (Lipinski definition) is 1. The number of aliphatic hydroxyl groups is 1. The van der Waals surface area contributed by atoms with E-state index in [4.69, 9.17) is 18.2 Å². The van der Waals surface area contributed by atoms with Crippen LogP contribution in [-0.2, 0) is 17.7 Å². The van der Waals surface area contributed by atoms with Gasteiger partial charge in [0, 0.05) is 19.6 Å². The van der Waals surface area contributed by atoms with Crippen LogP contribution in [0.5, 0.6) is 11.5 Å². The first kappa shape index (κ1) is 33.2. The van der Waals surface area contributed by atoms with Crippen LogP contribution in [0.15, 0.2) is 118 Å². The van der Waals surface area contributed by atoms with Gasteiger partial charge in [0.15, 0.2) is 0 Å². The number of nitrogens with zero attached hydrogens (tertiary/aromatic N) is 4. The Labute approximate surface area is 279 Å². The van der Waals surface area contributed by atoms with Gasteiger partial charge in [-0.2, -0.15) is 0 Å². The molecule has 2 aliphatic heterocycles. The zero-order valence-corrected chi connectivity index (χ0v) is 27.5. The minimum Gasteiger partial charge on any atom is -0.404 e. The van der Waals surface area contributed by atoms with Crippen molar-refractivity contribution in [3.63, 3.8) is 0 Å². The number of benzene rings is 3. The molecule has 1 unspecified atom stereocenters. The molecule has 1 atom stereocenters. The Balaban J connectivity index is 1.42. The first-order chi connectivity index (χ1) is 23.4. The summed E-state index contributed by atoms with van der Waals surface area (Å²) in [4.78, 5) is 15.3. The van der Waals surface area contributed by atoms with Crippen LogP contribution in [0.25, 0.3) is 0 Å². The summed E-state index contributed by atoms with van der Waals surface area (Å²) in [6.07, 6.45) is 6.01. The number of aliphatic hydroxyl groups excluding tert-OH is 1. The number of para-hydroxylation sites is 2. The summed E-state index contributed by atoms with van der Waals surface area (Å²) in [6.45, 7) is 3.20. The van der Waals surface area contributed by atoms with Crippen molar-refractivity contribution in [2.45, 2.75) is 51.2 Å². The lowest BCUT2D eigenvalue weighted by molar-refractivity contribution is -0.402. The van der Waals surface area contributed by atoms with Crippen LogP contribution in [0, 0.1) is 10.1 Å². The van der Waals surface area contributed by atoms with E-state index in [1.807, 2.05) is 17.0 Å². The zero-order valence-electron chi connectivity index (χ0n) is 26.6. The number of nitro groups is 1. The fourth-order valence-corrected chi connectivity index (χ4v) is 7.40. The number of amidine groups is 1. The molecule has 1 aromatic heterocycles. The normalized spacial score (nSPS) is 17.8. The van der Waals surface area contributed by atoms with Gasteiger partial charge < -0.3 is 23.5 Å². The number of likely N-dealkylation sites (tertiary alicyclic amines) is 1. The van der Waals surface area contributed by atoms with Crippen molar-refractivity contribution in [2.75, 3.05) is 19.7 Å². The largest absolute Gasteiger partial charge is 0.564 e. The maximum Gasteiger partial charge on any atom is 0.564 e. The highest BCUT2D eigenvalue weighted by atomic mass is 31.2. The summed E-state index contributed by atoms with van der Waals surface area (Å²) < 4.78 is 37.1. The molecule has 4 aromatic rings. The van der Waals surface area contributed by atoms with Gasteiger partial charge in [-0.15, -0.1) is 4.76 Å². The maximum atomic E-state index is 14.6. The molecule has 0 aliphatic carbocycles. The van der Waals surface area contributed by atoms with E-state index in [0.29, 0.717) is 42.4 Å². The van der Waals surface area contributed by atoms with E-state index in [-0.39, 0.29) is 19.0 Å². The third-order valence-corrected chi connectivity index (χ3v) is 9.71. The quantitative estimate of drug-likeness (QED) is 0.0612. The van der Waals surface area contributed by atoms with Gasteiger partial charge in [-0.3, -0.25) is 15.0 Å². The van der Waals surface area contributed by atoms with Crippen LogP contribution in [0.1, 0.15) is 55.0 Å². The second-order valence-corrected chi connectivity index (χ2v) is 13.4. The maximum absolute atomic E-state index is 14.6. The highest BCUT2D eigenvalue weighted by Crippen LogP contribution is 2.51. The Bertz CT molecular complexity index is 1730. The monoisotopic (exact) mass is 670 g/mol. The topological polar surface area (TPSA) is 131 Å². The highest BCUT2D eigenvalue weighted by molar-refractivity contribution is 7.53. The Morgan fingerprint density at radius 1 is 0.896 bits per heavy atom. The van der Waals surface area contributed by atoms with E-state index in [2.05, 4.69) is 35.2 Å². The fraction of sp³-hybridized carbons (Fsp3) is 0.306. The van der Waals surface area contributed by atoms with Crippen LogP contribution in [0.3, 0.4) is 0 Å². The number of furan rings is 1. The van der Waals surface area contributed by atoms with Crippen molar-refractivity contribution in [2.24, 2.45) is 4.76 Å². The van der Waals surface area contributed by atoms with Crippen molar-refractivity contribution < 1.29 is 28.1 Å². The van der Waals surface area contributed by atoms with Gasteiger partial charge >= 0.3 is 13.6 Å². The Morgan fingerprint density at radius 3 is 2.12 bits per heavy atom. The summed E-state index contributed by atoms with van der Waals surface area (Å²) in [5, 5.41) is 21.1. The predicted octanol–water partition coefficient (Wildman–Crippen LogP) is 8.09. The smallest absolute Gasteiger partial charge is 0.404 e. The molecule has 2 aliphatic rings. The summed E-state index contributed by atoms with van der Waals surface area (Å²) in [5.74, 6) is 1.04. The van der Waals surface area contributed by atoms with Crippen molar-refractivity contribution in [1.82, 2.24) is 9.80 Å². The Morgan fingerprint density at radius 2 is 1.54 bits per heavy atom. The lowest BCUT2D eigenvalue weighted by atomic mass is 9.92. The molecule has 11 nitrogen and oxygen atoms in total. The van der Waals surface area contributed by atoms with E-state index in [0.717, 1.165) is 30.8 Å². The summed E-state index contributed by atoms with van der Waals surface area (Å²) in [7, 11) is -4.25. The van der Waals surface area contributed by atoms with E-state index in [1.54, 1.807) is 54.6 Å². The lowest BCUT2D eigenvalue weighted by Crippen LogP contribution is -2.37. The van der Waals surface area contributed by atoms with Gasteiger partial charge in [-0.1, -0.05) is 72.3 Å². The molecule has 0 saturated carbocycles. The van der Waals surface area contributed by atoms with Gasteiger partial charge in [0.05, 0.1) is 18.7 Å². The molecular weight excluding hydrogens is 631 g/mol. The van der Waals surface area contributed by atoms with Crippen LogP contribution >= 0.6 is 7.75 Å². The molecule has 3 aromatic carbocycles. The molecule has 1 fully saturated rings. The summed E-state index contributed by atoms with van der Waals surface area (Å²) in [5.41, 5.74) is 3.17. The molecule has 0 amide bonds. The van der Waals surface area contributed by atoms with E-state index in [9.17, 15) is 19.8 Å². The molecular formula is C36H39N4O7P. The SMILES string of the molecule is O=[N+]([O-])c1ccc(CN2/C(=N\P(=O)(Oc3ccccc3)Oc3ccccc3)CC(CCCO)=CC2c2ccc(CN3CCCC3)cc2)o1. The van der Waals surface area contributed by atoms with Crippen molar-refractivity contribution >= 4 is 19.5 Å². The molecule has 12 heteroatoms. The van der Waals surface area contributed by atoms with E-state index in [1.165, 1.54) is 24.5 Å². The molecule has 48 heavy (non-hydrogen) atoms. The first-order valence-electron chi connectivity index (χ1n) is 16.2. The van der Waals surface area contributed by atoms with Crippen LogP contribution in [0.4, 0.5) is 5.88 Å². The first-order valence-corrected chi connectivity index (χ1v) is 17.7. The molecule has 6 rings (SSSR count). The molecule has 0 spiro atoms. The molecule has 0 radical (unpaired) electrons. The van der Waals surface area contributed by atoms with Crippen LogP contribution in [-0.4, -0.2) is 45.4 Å². The van der Waals surface area contributed by atoms with Crippen molar-refractivity contribution in [3.8, 4) is 11.5 Å². The predicted molar refractivity (Wildman–Crippen MR) is 183 cm³/mol. The van der Waals surface area contributed by atoms with Gasteiger partial charge in [0.25, 0.3) is 0 Å². The molecule has 250 valence electrons. The average molecular weight is 671 g/mol. The van der Waals surface area contributed by atoms with E-state index >= 15 is 0 Å². The standard InChI is InChI=1S/C36H39N4O7P/c41-23-9-10-29-24-34(30-17-15-28(16-18-30)26-38-21-7-8-22-38)39(27-33-19-20-36(45-33)40(42)43)35(25-29)37-48(44,46-31-11-3-1-4-12-31)47-32-13-5-2-6-14-32/h1-6,11-20,24,34,41H,7-10,21-23,25-27H2/b37-35-. The summed E-state index contributed by atoms with van der Waals surface area (Å²) in [6, 6.07) is 28.4. The minimum atomic E-state index is -4.25. The second-order valence-electron chi connectivity index (χ2n) is 11.9. The van der Waals surface area contributed by atoms with Crippen molar-refractivity contribution in [3.05, 3.63) is 136 Å². The average Bonchev–Trinajstić information content (AvgIpc) is 3.79. The van der Waals surface area contributed by atoms with Gasteiger partial charge in [-0.25, -0.2) is 4.57 Å². The molecule has 1 N–H and O–H groups in total. The number of hydrogen-bond acceptors (Lipinski definition) is 8. The van der Waals surface area contributed by atoms with Crippen LogP contribution in [0.2, 0.25) is 0 Å². The third-order valence-electron chi connectivity index (χ3n) is 8.35. The fourth-order valence-electron chi connectivity index (χ4n) is 6.04. The number of rotatable bonds is 14. The Hall–Kier alpha value is -4.70.